The largest absolute Gasteiger partial charge is 0.484 e. The lowest BCUT2D eigenvalue weighted by molar-refractivity contribution is -0.134. The third kappa shape index (κ3) is 3.98. The number of para-hydroxylation sites is 1. The molecule has 4 rings (SSSR count). The van der Waals surface area contributed by atoms with E-state index >= 15 is 0 Å². The summed E-state index contributed by atoms with van der Waals surface area (Å²) in [5, 5.41) is 1.14. The Morgan fingerprint density at radius 1 is 1.26 bits per heavy atom. The van der Waals surface area contributed by atoms with Crippen molar-refractivity contribution in [3.63, 3.8) is 0 Å². The molecule has 0 N–H and O–H groups in total. The Kier molecular flexibility index (Phi) is 5.12. The number of hydrogen-bond donors (Lipinski definition) is 0. The Morgan fingerprint density at radius 3 is 2.93 bits per heavy atom. The van der Waals surface area contributed by atoms with Gasteiger partial charge in [0.25, 0.3) is 5.91 Å². The van der Waals surface area contributed by atoms with Gasteiger partial charge in [-0.1, -0.05) is 29.8 Å². The zero-order valence-electron chi connectivity index (χ0n) is 15.8. The number of nitrogens with zero attached hydrogens (tertiary/aromatic N) is 2. The minimum Gasteiger partial charge on any atom is -0.484 e. The molecule has 1 saturated heterocycles. The number of hydrogen-bond acceptors (Lipinski definition) is 4. The quantitative estimate of drug-likeness (QED) is 0.659. The number of thiazole rings is 1. The fraction of sp³-hybridized carbons (Fsp3) is 0.364. The summed E-state index contributed by atoms with van der Waals surface area (Å²) >= 11 is 1.75. The average Bonchev–Trinajstić information content (AvgIpc) is 3.11. The second-order valence-electron chi connectivity index (χ2n) is 7.26. The fourth-order valence-electron chi connectivity index (χ4n) is 3.66. The molecular weight excluding hydrogens is 356 g/mol. The molecule has 140 valence electrons. The molecule has 2 aromatic carbocycles. The van der Waals surface area contributed by atoms with Crippen molar-refractivity contribution in [3.05, 3.63) is 58.6 Å². The molecule has 5 heteroatoms. The molecule has 0 bridgehead atoms. The minimum absolute atomic E-state index is 0.0563. The summed E-state index contributed by atoms with van der Waals surface area (Å²) in [4.78, 5) is 19.4. The van der Waals surface area contributed by atoms with Crippen molar-refractivity contribution >= 4 is 27.5 Å². The van der Waals surface area contributed by atoms with E-state index in [1.165, 1.54) is 10.3 Å². The van der Waals surface area contributed by atoms with Gasteiger partial charge >= 0.3 is 0 Å². The molecule has 3 aromatic rings. The van der Waals surface area contributed by atoms with Crippen molar-refractivity contribution in [2.45, 2.75) is 32.6 Å². The third-order valence-electron chi connectivity index (χ3n) is 5.12. The van der Waals surface area contributed by atoms with Crippen molar-refractivity contribution in [1.82, 2.24) is 9.88 Å². The lowest BCUT2D eigenvalue weighted by atomic mass is 9.99. The monoisotopic (exact) mass is 380 g/mol. The van der Waals surface area contributed by atoms with E-state index < -0.39 is 0 Å². The van der Waals surface area contributed by atoms with Gasteiger partial charge in [0.05, 0.1) is 15.2 Å². The first-order valence-electron chi connectivity index (χ1n) is 9.43. The summed E-state index contributed by atoms with van der Waals surface area (Å²) in [6, 6.07) is 14.3. The van der Waals surface area contributed by atoms with E-state index in [1.807, 2.05) is 36.1 Å². The number of carbonyl (C=O) groups excluding carboxylic acids is 1. The summed E-state index contributed by atoms with van der Waals surface area (Å²) in [7, 11) is 0. The number of fused-ring (bicyclic) bond motifs is 1. The maximum Gasteiger partial charge on any atom is 0.260 e. The number of piperidine rings is 1. The van der Waals surface area contributed by atoms with Crippen LogP contribution in [0, 0.1) is 13.8 Å². The summed E-state index contributed by atoms with van der Waals surface area (Å²) in [5.74, 6) is 1.16. The number of carbonyl (C=O) groups is 1. The average molecular weight is 381 g/mol. The third-order valence-corrected chi connectivity index (χ3v) is 6.31. The Labute approximate surface area is 163 Å². The van der Waals surface area contributed by atoms with Crippen LogP contribution in [0.4, 0.5) is 0 Å². The fourth-order valence-corrected chi connectivity index (χ4v) is 4.76. The lowest BCUT2D eigenvalue weighted by Crippen LogP contribution is -2.41. The van der Waals surface area contributed by atoms with Gasteiger partial charge in [-0.2, -0.15) is 0 Å². The number of aromatic nitrogens is 1. The molecule has 1 aliphatic heterocycles. The van der Waals surface area contributed by atoms with Gasteiger partial charge in [-0.05, 0) is 50.5 Å². The number of likely N-dealkylation sites (tertiary alicyclic amines) is 1. The number of amides is 1. The predicted molar refractivity (Wildman–Crippen MR) is 110 cm³/mol. The number of benzene rings is 2. The maximum absolute atomic E-state index is 12.7. The second-order valence-corrected chi connectivity index (χ2v) is 8.32. The van der Waals surface area contributed by atoms with E-state index in [2.05, 4.69) is 25.1 Å². The van der Waals surface area contributed by atoms with E-state index in [4.69, 9.17) is 9.72 Å². The number of rotatable bonds is 4. The predicted octanol–water partition coefficient (Wildman–Crippen LogP) is 4.70. The zero-order chi connectivity index (χ0) is 18.8. The van der Waals surface area contributed by atoms with Crippen molar-refractivity contribution in [2.24, 2.45) is 0 Å². The smallest absolute Gasteiger partial charge is 0.260 e. The van der Waals surface area contributed by atoms with Crippen molar-refractivity contribution < 1.29 is 9.53 Å². The zero-order valence-corrected chi connectivity index (χ0v) is 16.6. The topological polar surface area (TPSA) is 42.4 Å². The lowest BCUT2D eigenvalue weighted by Gasteiger charge is -2.31. The van der Waals surface area contributed by atoms with E-state index in [9.17, 15) is 4.79 Å². The van der Waals surface area contributed by atoms with Gasteiger partial charge in [-0.15, -0.1) is 11.3 Å². The summed E-state index contributed by atoms with van der Waals surface area (Å²) in [6.07, 6.45) is 2.09. The van der Waals surface area contributed by atoms with Gasteiger partial charge in [0.15, 0.2) is 6.61 Å². The molecule has 1 fully saturated rings. The molecule has 0 saturated carbocycles. The van der Waals surface area contributed by atoms with Crippen LogP contribution in [0.15, 0.2) is 42.5 Å². The van der Waals surface area contributed by atoms with Crippen molar-refractivity contribution in [2.75, 3.05) is 19.7 Å². The molecule has 1 atom stereocenters. The highest BCUT2D eigenvalue weighted by atomic mass is 32.1. The molecule has 4 nitrogen and oxygen atoms in total. The molecule has 1 amide bonds. The summed E-state index contributed by atoms with van der Waals surface area (Å²) < 4.78 is 7.01. The molecule has 1 aromatic heterocycles. The first-order valence-corrected chi connectivity index (χ1v) is 10.2. The molecule has 0 aliphatic carbocycles. The van der Waals surface area contributed by atoms with Gasteiger partial charge in [-0.25, -0.2) is 4.98 Å². The van der Waals surface area contributed by atoms with E-state index in [0.717, 1.165) is 47.8 Å². The van der Waals surface area contributed by atoms with E-state index in [1.54, 1.807) is 11.3 Å². The maximum atomic E-state index is 12.7. The second kappa shape index (κ2) is 7.69. The standard InChI is InChI=1S/C22H24N2O2S/c1-15-9-10-19(16(2)12-15)26-14-21(25)24-11-5-6-17(13-24)22-23-18-7-3-4-8-20(18)27-22/h3-4,7-10,12,17H,5-6,11,13-14H2,1-2H3. The number of aryl methyl sites for hydroxylation is 2. The summed E-state index contributed by atoms with van der Waals surface area (Å²) in [6.45, 7) is 5.69. The Hall–Kier alpha value is -2.40. The van der Waals surface area contributed by atoms with Crippen LogP contribution in [-0.2, 0) is 4.79 Å². The van der Waals surface area contributed by atoms with Crippen molar-refractivity contribution in [3.8, 4) is 5.75 Å². The van der Waals surface area contributed by atoms with Crippen LogP contribution in [0.5, 0.6) is 5.75 Å². The Balaban J connectivity index is 1.40. The molecule has 0 spiro atoms. The molecule has 0 radical (unpaired) electrons. The molecule has 27 heavy (non-hydrogen) atoms. The van der Waals surface area contributed by atoms with Crippen LogP contribution in [0.1, 0.15) is 34.9 Å². The highest BCUT2D eigenvalue weighted by Crippen LogP contribution is 2.33. The Morgan fingerprint density at radius 2 is 2.11 bits per heavy atom. The highest BCUT2D eigenvalue weighted by molar-refractivity contribution is 7.18. The van der Waals surface area contributed by atoms with Crippen LogP contribution < -0.4 is 4.74 Å². The summed E-state index contributed by atoms with van der Waals surface area (Å²) in [5.41, 5.74) is 3.31. The SMILES string of the molecule is Cc1ccc(OCC(=O)N2CCCC(c3nc4ccccc4s3)C2)c(C)c1. The number of ether oxygens (including phenoxy) is 1. The van der Waals surface area contributed by atoms with Crippen LogP contribution in [0.2, 0.25) is 0 Å². The minimum atomic E-state index is 0.0563. The molecule has 1 unspecified atom stereocenters. The molecule has 1 aliphatic rings. The normalized spacial score (nSPS) is 17.3. The van der Waals surface area contributed by atoms with Crippen LogP contribution >= 0.6 is 11.3 Å². The van der Waals surface area contributed by atoms with E-state index in [0.29, 0.717) is 5.92 Å². The van der Waals surface area contributed by atoms with Gasteiger partial charge in [0, 0.05) is 19.0 Å². The highest BCUT2D eigenvalue weighted by Gasteiger charge is 2.27. The first-order chi connectivity index (χ1) is 13.1. The molecular formula is C22H24N2O2S. The van der Waals surface area contributed by atoms with Gasteiger partial charge < -0.3 is 9.64 Å². The van der Waals surface area contributed by atoms with Crippen LogP contribution in [0.25, 0.3) is 10.2 Å². The van der Waals surface area contributed by atoms with Crippen LogP contribution in [0.3, 0.4) is 0 Å². The molecule has 2 heterocycles. The van der Waals surface area contributed by atoms with Gasteiger partial charge in [0.2, 0.25) is 0 Å². The van der Waals surface area contributed by atoms with E-state index in [-0.39, 0.29) is 12.5 Å². The van der Waals surface area contributed by atoms with Gasteiger partial charge in [-0.3, -0.25) is 4.79 Å². The van der Waals surface area contributed by atoms with Crippen molar-refractivity contribution in [1.29, 1.82) is 0 Å². The Bertz CT molecular complexity index is 933. The first kappa shape index (κ1) is 18.0. The van der Waals surface area contributed by atoms with Crippen LogP contribution in [-0.4, -0.2) is 35.5 Å². The van der Waals surface area contributed by atoms with Gasteiger partial charge in [0.1, 0.15) is 5.75 Å².